The van der Waals surface area contributed by atoms with Crippen LogP contribution >= 0.6 is 11.3 Å². The third kappa shape index (κ3) is 2.49. The molecule has 0 aliphatic rings. The van der Waals surface area contributed by atoms with Crippen molar-refractivity contribution < 1.29 is 0 Å². The Hall–Kier alpha value is -1.19. The van der Waals surface area contributed by atoms with Crippen molar-refractivity contribution in [2.24, 2.45) is 5.73 Å². The number of aromatic nitrogens is 1. The van der Waals surface area contributed by atoms with Crippen molar-refractivity contribution in [2.45, 2.75) is 26.3 Å². The van der Waals surface area contributed by atoms with Crippen LogP contribution in [-0.4, -0.2) is 4.98 Å². The van der Waals surface area contributed by atoms with Crippen LogP contribution in [0, 0.1) is 13.8 Å². The second kappa shape index (κ2) is 4.76. The first kappa shape index (κ1) is 11.3. The lowest BCUT2D eigenvalue weighted by Gasteiger charge is -2.13. The van der Waals surface area contributed by atoms with E-state index >= 15 is 0 Å². The highest BCUT2D eigenvalue weighted by molar-refractivity contribution is 7.09. The van der Waals surface area contributed by atoms with Gasteiger partial charge in [-0.25, -0.2) is 0 Å². The lowest BCUT2D eigenvalue weighted by Crippen LogP contribution is -2.15. The zero-order valence-electron chi connectivity index (χ0n) is 9.60. The average molecular weight is 232 g/mol. The molecule has 2 aromatic rings. The van der Waals surface area contributed by atoms with Crippen molar-refractivity contribution in [1.29, 1.82) is 0 Å². The summed E-state index contributed by atoms with van der Waals surface area (Å²) in [5, 5.41) is 2.08. The molecule has 0 saturated heterocycles. The van der Waals surface area contributed by atoms with E-state index in [1.54, 1.807) is 11.3 Å². The Morgan fingerprint density at radius 2 is 2.25 bits per heavy atom. The molecule has 0 amide bonds. The Morgan fingerprint density at radius 3 is 2.88 bits per heavy atom. The van der Waals surface area contributed by atoms with Crippen molar-refractivity contribution >= 4 is 11.3 Å². The predicted molar refractivity (Wildman–Crippen MR) is 68.7 cm³/mol. The van der Waals surface area contributed by atoms with Gasteiger partial charge in [-0.2, -0.15) is 0 Å². The molecule has 0 aromatic carbocycles. The van der Waals surface area contributed by atoms with E-state index in [0.29, 0.717) is 0 Å². The maximum Gasteiger partial charge on any atom is 0.0603 e. The molecule has 84 valence electrons. The molecule has 0 radical (unpaired) electrons. The summed E-state index contributed by atoms with van der Waals surface area (Å²) in [6.45, 7) is 4.12. The lowest BCUT2D eigenvalue weighted by molar-refractivity contribution is 0.696. The lowest BCUT2D eigenvalue weighted by atomic mass is 10.0. The summed E-state index contributed by atoms with van der Waals surface area (Å²) in [7, 11) is 0. The monoisotopic (exact) mass is 232 g/mol. The van der Waals surface area contributed by atoms with Gasteiger partial charge >= 0.3 is 0 Å². The van der Waals surface area contributed by atoms with Crippen LogP contribution < -0.4 is 5.73 Å². The molecule has 2 heterocycles. The Morgan fingerprint density at radius 1 is 1.44 bits per heavy atom. The standard InChI is InChI=1S/C13H16N2S/c1-9-6-10(2)13(15-8-9)12(14)7-11-4-3-5-16-11/h3-6,8,12H,7,14H2,1-2H3. The smallest absolute Gasteiger partial charge is 0.0603 e. The Labute approximate surface area is 100 Å². The van der Waals surface area contributed by atoms with Gasteiger partial charge in [-0.05, 0) is 36.4 Å². The molecule has 2 nitrogen and oxygen atoms in total. The zero-order chi connectivity index (χ0) is 11.5. The molecule has 0 spiro atoms. The summed E-state index contributed by atoms with van der Waals surface area (Å²) < 4.78 is 0. The van der Waals surface area contributed by atoms with Crippen LogP contribution in [0.5, 0.6) is 0 Å². The van der Waals surface area contributed by atoms with Gasteiger partial charge < -0.3 is 5.73 Å². The predicted octanol–water partition coefficient (Wildman–Crippen LogP) is 3.00. The fourth-order valence-corrected chi connectivity index (χ4v) is 2.62. The molecule has 2 aromatic heterocycles. The van der Waals surface area contributed by atoms with Gasteiger partial charge in [0.05, 0.1) is 11.7 Å². The normalized spacial score (nSPS) is 12.7. The third-order valence-corrected chi connectivity index (χ3v) is 3.51. The fourth-order valence-electron chi connectivity index (χ4n) is 1.86. The molecule has 1 unspecified atom stereocenters. The average Bonchev–Trinajstić information content (AvgIpc) is 2.70. The van der Waals surface area contributed by atoms with Crippen LogP contribution in [0.3, 0.4) is 0 Å². The van der Waals surface area contributed by atoms with Crippen molar-refractivity contribution in [3.05, 3.63) is 51.5 Å². The number of rotatable bonds is 3. The Balaban J connectivity index is 2.17. The van der Waals surface area contributed by atoms with Gasteiger partial charge in [0.15, 0.2) is 0 Å². The zero-order valence-corrected chi connectivity index (χ0v) is 10.4. The number of hydrogen-bond acceptors (Lipinski definition) is 3. The molecule has 2 N–H and O–H groups in total. The van der Waals surface area contributed by atoms with Crippen molar-refractivity contribution in [2.75, 3.05) is 0 Å². The van der Waals surface area contributed by atoms with Crippen molar-refractivity contribution in [3.63, 3.8) is 0 Å². The molecule has 0 fully saturated rings. The van der Waals surface area contributed by atoms with Gasteiger partial charge in [0.1, 0.15) is 0 Å². The molecule has 3 heteroatoms. The first-order valence-electron chi connectivity index (χ1n) is 5.38. The van der Waals surface area contributed by atoms with E-state index in [-0.39, 0.29) is 6.04 Å². The largest absolute Gasteiger partial charge is 0.322 e. The van der Waals surface area contributed by atoms with Crippen molar-refractivity contribution in [3.8, 4) is 0 Å². The molecule has 1 atom stereocenters. The first-order valence-corrected chi connectivity index (χ1v) is 6.26. The van der Waals surface area contributed by atoms with Gasteiger partial charge in [-0.1, -0.05) is 12.1 Å². The highest BCUT2D eigenvalue weighted by atomic mass is 32.1. The van der Waals surface area contributed by atoms with Gasteiger partial charge in [-0.3, -0.25) is 4.98 Å². The van der Waals surface area contributed by atoms with Crippen molar-refractivity contribution in [1.82, 2.24) is 4.98 Å². The molecule has 16 heavy (non-hydrogen) atoms. The summed E-state index contributed by atoms with van der Waals surface area (Å²) in [5.74, 6) is 0. The number of aryl methyl sites for hydroxylation is 2. The van der Waals surface area contributed by atoms with E-state index in [4.69, 9.17) is 5.73 Å². The Bertz CT molecular complexity index is 463. The minimum atomic E-state index is -0.000694. The minimum Gasteiger partial charge on any atom is -0.322 e. The molecule has 0 bridgehead atoms. The summed E-state index contributed by atoms with van der Waals surface area (Å²) in [5.41, 5.74) is 9.56. The van der Waals surface area contributed by atoms with Crippen LogP contribution in [-0.2, 0) is 6.42 Å². The summed E-state index contributed by atoms with van der Waals surface area (Å²) in [6, 6.07) is 6.31. The van der Waals surface area contributed by atoms with E-state index in [9.17, 15) is 0 Å². The first-order chi connectivity index (χ1) is 7.66. The second-order valence-electron chi connectivity index (χ2n) is 4.10. The third-order valence-electron chi connectivity index (χ3n) is 2.61. The maximum absolute atomic E-state index is 6.18. The highest BCUT2D eigenvalue weighted by Gasteiger charge is 2.11. The molecule has 2 rings (SSSR count). The molecular weight excluding hydrogens is 216 g/mol. The summed E-state index contributed by atoms with van der Waals surface area (Å²) in [4.78, 5) is 5.75. The number of nitrogens with two attached hydrogens (primary N) is 1. The summed E-state index contributed by atoms with van der Waals surface area (Å²) >= 11 is 1.75. The Kier molecular flexibility index (Phi) is 3.36. The molecule has 0 aliphatic heterocycles. The van der Waals surface area contributed by atoms with Crippen LogP contribution in [0.15, 0.2) is 29.8 Å². The number of pyridine rings is 1. The second-order valence-corrected chi connectivity index (χ2v) is 5.14. The van der Waals surface area contributed by atoms with E-state index in [2.05, 4.69) is 42.4 Å². The van der Waals surface area contributed by atoms with Crippen LogP contribution in [0.25, 0.3) is 0 Å². The molecular formula is C13H16N2S. The molecule has 0 saturated carbocycles. The van der Waals surface area contributed by atoms with Crippen LogP contribution in [0.1, 0.15) is 27.7 Å². The maximum atomic E-state index is 6.18. The number of thiophene rings is 1. The minimum absolute atomic E-state index is 0.000694. The number of hydrogen-bond donors (Lipinski definition) is 1. The fraction of sp³-hybridized carbons (Fsp3) is 0.308. The van der Waals surface area contributed by atoms with E-state index in [1.165, 1.54) is 16.0 Å². The van der Waals surface area contributed by atoms with E-state index in [0.717, 1.165) is 12.1 Å². The molecule has 0 aliphatic carbocycles. The van der Waals surface area contributed by atoms with E-state index in [1.807, 2.05) is 6.20 Å². The van der Waals surface area contributed by atoms with Gasteiger partial charge in [-0.15, -0.1) is 11.3 Å². The van der Waals surface area contributed by atoms with Gasteiger partial charge in [0.25, 0.3) is 0 Å². The van der Waals surface area contributed by atoms with Gasteiger partial charge in [0, 0.05) is 17.5 Å². The summed E-state index contributed by atoms with van der Waals surface area (Å²) in [6.07, 6.45) is 2.76. The quantitative estimate of drug-likeness (QED) is 0.883. The number of nitrogens with zero attached hydrogens (tertiary/aromatic N) is 1. The van der Waals surface area contributed by atoms with E-state index < -0.39 is 0 Å². The SMILES string of the molecule is Cc1cnc(C(N)Cc2cccs2)c(C)c1. The van der Waals surface area contributed by atoms with Crippen LogP contribution in [0.2, 0.25) is 0 Å². The topological polar surface area (TPSA) is 38.9 Å². The van der Waals surface area contributed by atoms with Gasteiger partial charge in [0.2, 0.25) is 0 Å². The van der Waals surface area contributed by atoms with Crippen LogP contribution in [0.4, 0.5) is 0 Å². The highest BCUT2D eigenvalue weighted by Crippen LogP contribution is 2.20.